The molecule has 0 radical (unpaired) electrons. The second-order valence-corrected chi connectivity index (χ2v) is 5.70. The average Bonchev–Trinajstić information content (AvgIpc) is 2.80. The number of hydrogen-bond acceptors (Lipinski definition) is 4. The summed E-state index contributed by atoms with van der Waals surface area (Å²) < 4.78 is 7.05. The van der Waals surface area contributed by atoms with Crippen LogP contribution in [0.1, 0.15) is 39.0 Å². The second kappa shape index (κ2) is 7.24. The minimum atomic E-state index is -0.563. The molecule has 0 fully saturated rings. The fraction of sp³-hybridized carbons (Fsp3) is 0.467. The van der Waals surface area contributed by atoms with Gasteiger partial charge in [-0.1, -0.05) is 44.7 Å². The van der Waals surface area contributed by atoms with Crippen LogP contribution in [0.5, 0.6) is 0 Å². The Kier molecular flexibility index (Phi) is 5.35. The van der Waals surface area contributed by atoms with E-state index in [9.17, 15) is 9.59 Å². The highest BCUT2D eigenvalue weighted by Crippen LogP contribution is 2.16. The summed E-state index contributed by atoms with van der Waals surface area (Å²) in [5.74, 6) is 0. The minimum Gasteiger partial charge on any atom is -0.448 e. The van der Waals surface area contributed by atoms with Gasteiger partial charge in [-0.15, -0.1) is 0 Å². The Bertz CT molecular complexity index is 629. The molecule has 0 saturated carbocycles. The Morgan fingerprint density at radius 2 is 1.95 bits per heavy atom. The zero-order chi connectivity index (χ0) is 14.4. The Morgan fingerprint density at radius 3 is 2.70 bits per heavy atom. The van der Waals surface area contributed by atoms with E-state index in [-0.39, 0.29) is 5.56 Å². The molecule has 4 nitrogen and oxygen atoms in total. The SMILES string of the molecule is CCCCCCCOC(=O)n1sc2ccccc2c1=O. The average molecular weight is 293 g/mol. The molecule has 2 aromatic rings. The number of nitrogens with zero attached hydrogens (tertiary/aromatic N) is 1. The van der Waals surface area contributed by atoms with Crippen molar-refractivity contribution in [2.24, 2.45) is 0 Å². The lowest BCUT2D eigenvalue weighted by molar-refractivity contribution is 0.147. The maximum Gasteiger partial charge on any atom is 0.430 e. The van der Waals surface area contributed by atoms with Gasteiger partial charge in [0.05, 0.1) is 16.7 Å². The van der Waals surface area contributed by atoms with Crippen LogP contribution in [0, 0.1) is 0 Å². The molecule has 0 spiro atoms. The summed E-state index contributed by atoms with van der Waals surface area (Å²) in [4.78, 5) is 23.9. The number of carbonyl (C=O) groups excluding carboxylic acids is 1. The maximum atomic E-state index is 12.0. The molecular weight excluding hydrogens is 274 g/mol. The third kappa shape index (κ3) is 3.48. The highest BCUT2D eigenvalue weighted by atomic mass is 32.1. The molecule has 0 saturated heterocycles. The summed E-state index contributed by atoms with van der Waals surface area (Å²) in [5.41, 5.74) is -0.290. The molecule has 0 aliphatic carbocycles. The van der Waals surface area contributed by atoms with Crippen LogP contribution in [0.2, 0.25) is 0 Å². The highest BCUT2D eigenvalue weighted by molar-refractivity contribution is 7.14. The van der Waals surface area contributed by atoms with E-state index >= 15 is 0 Å². The molecule has 1 aromatic carbocycles. The number of aromatic nitrogens is 1. The summed E-state index contributed by atoms with van der Waals surface area (Å²) in [6.07, 6.45) is 4.91. The predicted octanol–water partition coefficient (Wildman–Crippen LogP) is 4.02. The van der Waals surface area contributed by atoms with Crippen molar-refractivity contribution >= 4 is 27.7 Å². The molecule has 108 valence electrons. The largest absolute Gasteiger partial charge is 0.448 e. The van der Waals surface area contributed by atoms with Crippen LogP contribution < -0.4 is 5.56 Å². The zero-order valence-corrected chi connectivity index (χ0v) is 12.4. The zero-order valence-electron chi connectivity index (χ0n) is 11.6. The van der Waals surface area contributed by atoms with Crippen molar-refractivity contribution in [3.8, 4) is 0 Å². The molecule has 0 atom stereocenters. The van der Waals surface area contributed by atoms with E-state index in [4.69, 9.17) is 4.74 Å². The van der Waals surface area contributed by atoms with Gasteiger partial charge < -0.3 is 4.74 Å². The molecule has 0 bridgehead atoms. The van der Waals surface area contributed by atoms with Crippen molar-refractivity contribution in [1.29, 1.82) is 0 Å². The topological polar surface area (TPSA) is 48.3 Å². The number of fused-ring (bicyclic) bond motifs is 1. The molecule has 0 aliphatic rings. The van der Waals surface area contributed by atoms with Gasteiger partial charge in [-0.3, -0.25) is 4.79 Å². The molecule has 0 amide bonds. The fourth-order valence-corrected chi connectivity index (χ4v) is 2.91. The molecule has 5 heteroatoms. The lowest BCUT2D eigenvalue weighted by Crippen LogP contribution is -2.22. The predicted molar refractivity (Wildman–Crippen MR) is 81.6 cm³/mol. The van der Waals surface area contributed by atoms with Gasteiger partial charge in [-0.25, -0.2) is 4.79 Å². The first-order chi connectivity index (χ1) is 9.74. The van der Waals surface area contributed by atoms with Gasteiger partial charge in [0.2, 0.25) is 0 Å². The van der Waals surface area contributed by atoms with Gasteiger partial charge in [0.1, 0.15) is 0 Å². The molecule has 0 N–H and O–H groups in total. The number of unbranched alkanes of at least 4 members (excludes halogenated alkanes) is 4. The third-order valence-corrected chi connectivity index (χ3v) is 4.18. The highest BCUT2D eigenvalue weighted by Gasteiger charge is 2.14. The number of hydrogen-bond donors (Lipinski definition) is 0. The Morgan fingerprint density at radius 1 is 1.20 bits per heavy atom. The molecule has 1 heterocycles. The van der Waals surface area contributed by atoms with Crippen molar-refractivity contribution in [3.05, 3.63) is 34.6 Å². The first-order valence-electron chi connectivity index (χ1n) is 7.02. The number of carbonyl (C=O) groups is 1. The van der Waals surface area contributed by atoms with Gasteiger partial charge in [0.15, 0.2) is 0 Å². The van der Waals surface area contributed by atoms with Crippen LogP contribution in [-0.4, -0.2) is 16.7 Å². The second-order valence-electron chi connectivity index (χ2n) is 4.72. The van der Waals surface area contributed by atoms with E-state index < -0.39 is 6.09 Å². The molecule has 0 unspecified atom stereocenters. The number of ether oxygens (including phenoxy) is 1. The summed E-state index contributed by atoms with van der Waals surface area (Å²) in [6.45, 7) is 2.54. The van der Waals surface area contributed by atoms with Crippen LogP contribution in [0.3, 0.4) is 0 Å². The first-order valence-corrected chi connectivity index (χ1v) is 7.79. The van der Waals surface area contributed by atoms with Crippen molar-refractivity contribution in [2.75, 3.05) is 6.61 Å². The normalized spacial score (nSPS) is 10.8. The van der Waals surface area contributed by atoms with E-state index in [1.807, 2.05) is 12.1 Å². The standard InChI is InChI=1S/C15H19NO3S/c1-2-3-4-5-8-11-19-15(18)16-14(17)12-9-6-7-10-13(12)20-16/h6-7,9-10H,2-5,8,11H2,1H3. The van der Waals surface area contributed by atoms with Crippen molar-refractivity contribution < 1.29 is 9.53 Å². The van der Waals surface area contributed by atoms with Crippen molar-refractivity contribution in [2.45, 2.75) is 39.0 Å². The smallest absolute Gasteiger partial charge is 0.430 e. The molecule has 0 aliphatic heterocycles. The monoisotopic (exact) mass is 293 g/mol. The van der Waals surface area contributed by atoms with Crippen molar-refractivity contribution in [3.63, 3.8) is 0 Å². The Balaban J connectivity index is 1.91. The van der Waals surface area contributed by atoms with E-state index in [2.05, 4.69) is 6.92 Å². The van der Waals surface area contributed by atoms with Gasteiger partial charge in [0.25, 0.3) is 5.56 Å². The van der Waals surface area contributed by atoms with Gasteiger partial charge in [-0.2, -0.15) is 3.96 Å². The molecule has 2 rings (SSSR count). The number of benzene rings is 1. The van der Waals surface area contributed by atoms with Crippen LogP contribution >= 0.6 is 11.5 Å². The summed E-state index contributed by atoms with van der Waals surface area (Å²) >= 11 is 1.13. The Hall–Kier alpha value is -1.62. The first kappa shape index (κ1) is 14.8. The third-order valence-electron chi connectivity index (χ3n) is 3.13. The van der Waals surface area contributed by atoms with Crippen LogP contribution in [0.4, 0.5) is 4.79 Å². The summed E-state index contributed by atoms with van der Waals surface area (Å²) in [6, 6.07) is 7.19. The van der Waals surface area contributed by atoms with Crippen LogP contribution in [0.25, 0.3) is 10.1 Å². The van der Waals surface area contributed by atoms with E-state index in [1.165, 1.54) is 12.8 Å². The van der Waals surface area contributed by atoms with Crippen LogP contribution in [0.15, 0.2) is 29.1 Å². The lowest BCUT2D eigenvalue weighted by Gasteiger charge is -2.03. The minimum absolute atomic E-state index is 0.290. The summed E-state index contributed by atoms with van der Waals surface area (Å²) in [7, 11) is 0. The summed E-state index contributed by atoms with van der Waals surface area (Å²) in [5, 5.41) is 0.567. The van der Waals surface area contributed by atoms with Crippen molar-refractivity contribution in [1.82, 2.24) is 3.96 Å². The van der Waals surface area contributed by atoms with Gasteiger partial charge in [-0.05, 0) is 30.1 Å². The van der Waals surface area contributed by atoms with Crippen LogP contribution in [-0.2, 0) is 4.74 Å². The van der Waals surface area contributed by atoms with Gasteiger partial charge in [0, 0.05) is 0 Å². The van der Waals surface area contributed by atoms with E-state index in [0.29, 0.717) is 12.0 Å². The van der Waals surface area contributed by atoms with E-state index in [1.54, 1.807) is 12.1 Å². The lowest BCUT2D eigenvalue weighted by atomic mass is 10.2. The van der Waals surface area contributed by atoms with E-state index in [0.717, 1.165) is 39.5 Å². The number of rotatable bonds is 6. The Labute approximate surface area is 122 Å². The molecular formula is C15H19NO3S. The maximum absolute atomic E-state index is 12.0. The molecule has 20 heavy (non-hydrogen) atoms. The molecule has 1 aromatic heterocycles. The fourth-order valence-electron chi connectivity index (χ4n) is 2.02. The van der Waals surface area contributed by atoms with Gasteiger partial charge >= 0.3 is 6.09 Å². The quantitative estimate of drug-likeness (QED) is 0.756.